The van der Waals surface area contributed by atoms with E-state index in [1.807, 2.05) is 18.2 Å². The molecule has 0 unspecified atom stereocenters. The molecular weight excluding hydrogens is 271 g/mol. The van der Waals surface area contributed by atoms with Crippen molar-refractivity contribution in [2.45, 2.75) is 0 Å². The molecule has 2 rings (SSSR count). The maximum atomic E-state index is 11.9. The summed E-state index contributed by atoms with van der Waals surface area (Å²) in [7, 11) is 0. The molecule has 0 aliphatic rings. The molecule has 0 amide bonds. The van der Waals surface area contributed by atoms with Gasteiger partial charge in [0.15, 0.2) is 12.4 Å². The van der Waals surface area contributed by atoms with E-state index in [2.05, 4.69) is 0 Å². The van der Waals surface area contributed by atoms with Gasteiger partial charge in [0.2, 0.25) is 0 Å². The normalized spacial score (nSPS) is 10.1. The van der Waals surface area contributed by atoms with Gasteiger partial charge in [0, 0.05) is 5.56 Å². The molecule has 0 atom stereocenters. The number of carbonyl (C=O) groups is 1. The van der Waals surface area contributed by atoms with Crippen LogP contribution in [-0.4, -0.2) is 12.4 Å². The summed E-state index contributed by atoms with van der Waals surface area (Å²) in [5.41, 5.74) is 0.486. The van der Waals surface area contributed by atoms with Crippen molar-refractivity contribution in [3.05, 3.63) is 64.1 Å². The van der Waals surface area contributed by atoms with Crippen LogP contribution in [0.5, 0.6) is 5.75 Å². The van der Waals surface area contributed by atoms with Gasteiger partial charge in [-0.3, -0.25) is 4.79 Å². The van der Waals surface area contributed by atoms with Crippen LogP contribution in [0.2, 0.25) is 10.0 Å². The Kier molecular flexibility index (Phi) is 4.24. The van der Waals surface area contributed by atoms with Gasteiger partial charge in [0.05, 0.1) is 10.0 Å². The molecule has 0 heterocycles. The van der Waals surface area contributed by atoms with Gasteiger partial charge in [-0.2, -0.15) is 0 Å². The Morgan fingerprint density at radius 3 is 2.39 bits per heavy atom. The number of benzene rings is 2. The van der Waals surface area contributed by atoms with E-state index in [4.69, 9.17) is 27.9 Å². The molecule has 0 bridgehead atoms. The molecule has 0 aliphatic carbocycles. The van der Waals surface area contributed by atoms with Crippen molar-refractivity contribution >= 4 is 29.0 Å². The van der Waals surface area contributed by atoms with Crippen LogP contribution in [0.25, 0.3) is 0 Å². The van der Waals surface area contributed by atoms with Gasteiger partial charge < -0.3 is 4.74 Å². The van der Waals surface area contributed by atoms with E-state index in [9.17, 15) is 4.79 Å². The molecule has 0 saturated heterocycles. The lowest BCUT2D eigenvalue weighted by atomic mass is 10.1. The standard InChI is InChI=1S/C14H10Cl2O2/c15-12-7-6-10(8-13(12)16)14(17)9-18-11-4-2-1-3-5-11/h1-8H,9H2. The van der Waals surface area contributed by atoms with Crippen LogP contribution in [0.15, 0.2) is 48.5 Å². The minimum Gasteiger partial charge on any atom is -0.485 e. The van der Waals surface area contributed by atoms with E-state index in [0.29, 0.717) is 21.4 Å². The maximum Gasteiger partial charge on any atom is 0.200 e. The van der Waals surface area contributed by atoms with Crippen LogP contribution in [0.4, 0.5) is 0 Å². The van der Waals surface area contributed by atoms with E-state index in [1.165, 1.54) is 0 Å². The highest BCUT2D eigenvalue weighted by atomic mass is 35.5. The smallest absolute Gasteiger partial charge is 0.200 e. The van der Waals surface area contributed by atoms with Crippen molar-refractivity contribution in [3.63, 3.8) is 0 Å². The van der Waals surface area contributed by atoms with Gasteiger partial charge in [-0.05, 0) is 30.3 Å². The molecule has 0 aliphatic heterocycles. The van der Waals surface area contributed by atoms with Crippen molar-refractivity contribution in [2.24, 2.45) is 0 Å². The Morgan fingerprint density at radius 1 is 1.00 bits per heavy atom. The fraction of sp³-hybridized carbons (Fsp3) is 0.0714. The van der Waals surface area contributed by atoms with E-state index in [-0.39, 0.29) is 12.4 Å². The summed E-state index contributed by atoms with van der Waals surface area (Å²) in [6, 6.07) is 13.9. The fourth-order valence-electron chi connectivity index (χ4n) is 1.42. The molecule has 0 saturated carbocycles. The number of ketones is 1. The molecule has 0 spiro atoms. The number of Topliss-reactive ketones (excluding diaryl/α,β-unsaturated/α-hetero) is 1. The Labute approximate surface area is 115 Å². The summed E-state index contributed by atoms with van der Waals surface area (Å²) in [4.78, 5) is 11.9. The quantitative estimate of drug-likeness (QED) is 0.783. The lowest BCUT2D eigenvalue weighted by Crippen LogP contribution is -2.11. The van der Waals surface area contributed by atoms with Crippen molar-refractivity contribution in [1.82, 2.24) is 0 Å². The first kappa shape index (κ1) is 12.9. The first-order valence-corrected chi connectivity index (χ1v) is 6.08. The van der Waals surface area contributed by atoms with Gasteiger partial charge in [-0.15, -0.1) is 0 Å². The molecule has 0 aromatic heterocycles. The number of hydrogen-bond donors (Lipinski definition) is 0. The number of carbonyl (C=O) groups excluding carboxylic acids is 1. The summed E-state index contributed by atoms with van der Waals surface area (Å²) < 4.78 is 5.37. The summed E-state index contributed by atoms with van der Waals surface area (Å²) in [5, 5.41) is 0.791. The van der Waals surface area contributed by atoms with Crippen LogP contribution in [0, 0.1) is 0 Å². The average molecular weight is 281 g/mol. The van der Waals surface area contributed by atoms with E-state index in [1.54, 1.807) is 30.3 Å². The average Bonchev–Trinajstić information content (AvgIpc) is 2.40. The number of rotatable bonds is 4. The largest absolute Gasteiger partial charge is 0.485 e. The highest BCUT2D eigenvalue weighted by molar-refractivity contribution is 6.42. The zero-order valence-corrected chi connectivity index (χ0v) is 10.9. The van der Waals surface area contributed by atoms with Crippen LogP contribution >= 0.6 is 23.2 Å². The van der Waals surface area contributed by atoms with Gasteiger partial charge in [0.1, 0.15) is 5.75 Å². The summed E-state index contributed by atoms with van der Waals surface area (Å²) in [5.74, 6) is 0.517. The van der Waals surface area contributed by atoms with Crippen LogP contribution in [-0.2, 0) is 0 Å². The van der Waals surface area contributed by atoms with Crippen LogP contribution in [0.1, 0.15) is 10.4 Å². The number of ether oxygens (including phenoxy) is 1. The lowest BCUT2D eigenvalue weighted by molar-refractivity contribution is 0.0921. The third kappa shape index (κ3) is 3.25. The number of para-hydroxylation sites is 1. The predicted molar refractivity (Wildman–Crippen MR) is 72.7 cm³/mol. The van der Waals surface area contributed by atoms with Gasteiger partial charge in [-0.1, -0.05) is 41.4 Å². The van der Waals surface area contributed by atoms with Crippen molar-refractivity contribution < 1.29 is 9.53 Å². The maximum absolute atomic E-state index is 11.9. The van der Waals surface area contributed by atoms with Crippen molar-refractivity contribution in [3.8, 4) is 5.75 Å². The highest BCUT2D eigenvalue weighted by Gasteiger charge is 2.08. The molecule has 0 radical (unpaired) electrons. The highest BCUT2D eigenvalue weighted by Crippen LogP contribution is 2.22. The summed E-state index contributed by atoms with van der Waals surface area (Å²) in [6.07, 6.45) is 0. The monoisotopic (exact) mass is 280 g/mol. The van der Waals surface area contributed by atoms with E-state index < -0.39 is 0 Å². The zero-order valence-electron chi connectivity index (χ0n) is 9.40. The molecule has 2 aromatic carbocycles. The molecule has 92 valence electrons. The van der Waals surface area contributed by atoms with E-state index in [0.717, 1.165) is 0 Å². The SMILES string of the molecule is O=C(COc1ccccc1)c1ccc(Cl)c(Cl)c1. The Bertz CT molecular complexity index is 553. The third-order valence-electron chi connectivity index (χ3n) is 2.35. The lowest BCUT2D eigenvalue weighted by Gasteiger charge is -2.05. The minimum absolute atomic E-state index is 0.0258. The minimum atomic E-state index is -0.141. The second-order valence-corrected chi connectivity index (χ2v) is 4.47. The number of halogens is 2. The second kappa shape index (κ2) is 5.89. The van der Waals surface area contributed by atoms with Crippen LogP contribution < -0.4 is 4.74 Å². The first-order chi connectivity index (χ1) is 8.66. The molecular formula is C14H10Cl2O2. The summed E-state index contributed by atoms with van der Waals surface area (Å²) in [6.45, 7) is -0.0258. The van der Waals surface area contributed by atoms with Gasteiger partial charge >= 0.3 is 0 Å². The van der Waals surface area contributed by atoms with Crippen LogP contribution in [0.3, 0.4) is 0 Å². The van der Waals surface area contributed by atoms with Gasteiger partial charge in [-0.25, -0.2) is 0 Å². The summed E-state index contributed by atoms with van der Waals surface area (Å²) >= 11 is 11.6. The zero-order chi connectivity index (χ0) is 13.0. The Morgan fingerprint density at radius 2 is 1.72 bits per heavy atom. The topological polar surface area (TPSA) is 26.3 Å². The van der Waals surface area contributed by atoms with Crippen molar-refractivity contribution in [1.29, 1.82) is 0 Å². The molecule has 18 heavy (non-hydrogen) atoms. The second-order valence-electron chi connectivity index (χ2n) is 3.65. The third-order valence-corrected chi connectivity index (χ3v) is 3.09. The van der Waals surface area contributed by atoms with Gasteiger partial charge in [0.25, 0.3) is 0 Å². The van der Waals surface area contributed by atoms with E-state index >= 15 is 0 Å². The molecule has 2 nitrogen and oxygen atoms in total. The Hall–Kier alpha value is -1.51. The molecule has 4 heteroatoms. The molecule has 0 N–H and O–H groups in total. The molecule has 2 aromatic rings. The Balaban J connectivity index is 2.02. The fourth-order valence-corrected chi connectivity index (χ4v) is 1.72. The number of hydrogen-bond acceptors (Lipinski definition) is 2. The first-order valence-electron chi connectivity index (χ1n) is 5.33. The van der Waals surface area contributed by atoms with Crippen molar-refractivity contribution in [2.75, 3.05) is 6.61 Å². The predicted octanol–water partition coefficient (Wildman–Crippen LogP) is 4.26. The molecule has 0 fully saturated rings.